The van der Waals surface area contributed by atoms with Crippen LogP contribution in [0.25, 0.3) is 22.3 Å². The van der Waals surface area contributed by atoms with E-state index in [-0.39, 0.29) is 29.7 Å². The Morgan fingerprint density at radius 3 is 2.86 bits per heavy atom. The van der Waals surface area contributed by atoms with Gasteiger partial charge in [0.25, 0.3) is 5.91 Å². The van der Waals surface area contributed by atoms with Crippen LogP contribution >= 0.6 is 0 Å². The lowest BCUT2D eigenvalue weighted by atomic mass is 10.0. The number of para-hydroxylation sites is 1. The Labute approximate surface area is 200 Å². The fourth-order valence-electron chi connectivity index (χ4n) is 4.81. The summed E-state index contributed by atoms with van der Waals surface area (Å²) in [6, 6.07) is 10.4. The number of anilines is 2. The maximum atomic E-state index is 14.5. The van der Waals surface area contributed by atoms with Crippen molar-refractivity contribution in [2.24, 2.45) is 0 Å². The van der Waals surface area contributed by atoms with E-state index in [0.717, 1.165) is 23.4 Å². The third-order valence-electron chi connectivity index (χ3n) is 6.81. The molecule has 0 radical (unpaired) electrons. The van der Waals surface area contributed by atoms with Crippen LogP contribution < -0.4 is 15.4 Å². The van der Waals surface area contributed by atoms with E-state index in [9.17, 15) is 9.18 Å². The van der Waals surface area contributed by atoms with Gasteiger partial charge in [0, 0.05) is 36.5 Å². The first-order valence-corrected chi connectivity index (χ1v) is 11.4. The number of aromatic amines is 1. The lowest BCUT2D eigenvalue weighted by Gasteiger charge is -2.17. The highest BCUT2D eigenvalue weighted by Gasteiger charge is 2.48. The first-order valence-electron chi connectivity index (χ1n) is 11.4. The minimum Gasteiger partial charge on any atom is -0.492 e. The lowest BCUT2D eigenvalue weighted by Crippen LogP contribution is -2.31. The number of aromatic nitrogens is 3. The summed E-state index contributed by atoms with van der Waals surface area (Å²) in [4.78, 5) is 26.0. The highest BCUT2D eigenvalue weighted by molar-refractivity contribution is 6.09. The third kappa shape index (κ3) is 3.42. The molecule has 4 heterocycles. The van der Waals surface area contributed by atoms with Crippen LogP contribution in [0, 0.1) is 5.82 Å². The van der Waals surface area contributed by atoms with E-state index < -0.39 is 5.82 Å². The largest absolute Gasteiger partial charge is 0.492 e. The van der Waals surface area contributed by atoms with Gasteiger partial charge in [-0.05, 0) is 43.7 Å². The molecular formula is C26H24FN5O3. The van der Waals surface area contributed by atoms with Crippen LogP contribution in [0.3, 0.4) is 0 Å². The summed E-state index contributed by atoms with van der Waals surface area (Å²) in [6.07, 6.45) is 2.40. The van der Waals surface area contributed by atoms with Crippen molar-refractivity contribution in [3.05, 3.63) is 65.4 Å². The Bertz CT molecular complexity index is 1480. The number of nitrogens with one attached hydrogen (secondary N) is 3. The van der Waals surface area contributed by atoms with Gasteiger partial charge in [0.1, 0.15) is 0 Å². The smallest absolute Gasteiger partial charge is 0.255 e. The average Bonchev–Trinajstić information content (AvgIpc) is 3.55. The number of rotatable bonds is 6. The van der Waals surface area contributed by atoms with Gasteiger partial charge in [0.2, 0.25) is 0 Å². The minimum absolute atomic E-state index is 0.0721. The van der Waals surface area contributed by atoms with Crippen molar-refractivity contribution in [1.29, 1.82) is 0 Å². The molecule has 8 nitrogen and oxygen atoms in total. The number of amides is 1. The van der Waals surface area contributed by atoms with Crippen LogP contribution in [0.5, 0.6) is 5.75 Å². The first-order chi connectivity index (χ1) is 17.0. The van der Waals surface area contributed by atoms with Crippen LogP contribution in [0.1, 0.15) is 47.1 Å². The topological polar surface area (TPSA) is 101 Å². The monoisotopic (exact) mass is 473 g/mol. The SMILES string of the molecule is COc1c(F)cccc1Nc1c(-c2ccnc3ccc([C@H](C)OC)nc23)[nH]c2c1C(=O)N[C@H]1C[C@@H]21. The van der Waals surface area contributed by atoms with Gasteiger partial charge in [-0.3, -0.25) is 9.78 Å². The van der Waals surface area contributed by atoms with Crippen molar-refractivity contribution in [3.63, 3.8) is 0 Å². The molecule has 1 aromatic carbocycles. The number of carbonyl (C=O) groups is 1. The van der Waals surface area contributed by atoms with E-state index in [1.807, 2.05) is 25.1 Å². The van der Waals surface area contributed by atoms with Crippen molar-refractivity contribution in [2.75, 3.05) is 19.5 Å². The summed E-state index contributed by atoms with van der Waals surface area (Å²) < 4.78 is 25.2. The van der Waals surface area contributed by atoms with Crippen LogP contribution in [-0.4, -0.2) is 41.1 Å². The summed E-state index contributed by atoms with van der Waals surface area (Å²) in [5.74, 6) is -0.372. The highest BCUT2D eigenvalue weighted by Crippen LogP contribution is 2.50. The number of fused-ring (bicyclic) bond motifs is 4. The molecule has 9 heteroatoms. The molecule has 1 aliphatic heterocycles. The number of ether oxygens (including phenoxy) is 2. The van der Waals surface area contributed by atoms with Gasteiger partial charge in [0.05, 0.1) is 52.6 Å². The van der Waals surface area contributed by atoms with Gasteiger partial charge in [-0.1, -0.05) is 6.07 Å². The number of carbonyl (C=O) groups excluding carboxylic acids is 1. The van der Waals surface area contributed by atoms with Crippen molar-refractivity contribution >= 4 is 28.3 Å². The Balaban J connectivity index is 1.59. The summed E-state index contributed by atoms with van der Waals surface area (Å²) >= 11 is 0. The molecule has 178 valence electrons. The molecule has 35 heavy (non-hydrogen) atoms. The van der Waals surface area contributed by atoms with Crippen LogP contribution in [0.15, 0.2) is 42.6 Å². The number of nitrogens with zero attached hydrogens (tertiary/aromatic N) is 2. The van der Waals surface area contributed by atoms with E-state index in [1.165, 1.54) is 13.2 Å². The molecule has 1 amide bonds. The van der Waals surface area contributed by atoms with E-state index in [4.69, 9.17) is 14.5 Å². The molecule has 3 atom stereocenters. The van der Waals surface area contributed by atoms with Gasteiger partial charge < -0.3 is 25.1 Å². The molecule has 1 fully saturated rings. The fraction of sp³-hybridized carbons (Fsp3) is 0.269. The molecule has 0 spiro atoms. The Morgan fingerprint density at radius 1 is 1.20 bits per heavy atom. The Kier molecular flexibility index (Phi) is 4.96. The van der Waals surface area contributed by atoms with Crippen LogP contribution in [-0.2, 0) is 4.74 Å². The Morgan fingerprint density at radius 2 is 2.06 bits per heavy atom. The maximum Gasteiger partial charge on any atom is 0.255 e. The average molecular weight is 474 g/mol. The number of hydrogen-bond acceptors (Lipinski definition) is 6. The van der Waals surface area contributed by atoms with Gasteiger partial charge in [-0.2, -0.15) is 0 Å². The summed E-state index contributed by atoms with van der Waals surface area (Å²) in [6.45, 7) is 1.93. The van der Waals surface area contributed by atoms with Gasteiger partial charge in [0.15, 0.2) is 11.6 Å². The highest BCUT2D eigenvalue weighted by atomic mass is 19.1. The maximum absolute atomic E-state index is 14.5. The molecule has 2 aliphatic rings. The fourth-order valence-corrected chi connectivity index (χ4v) is 4.81. The number of benzene rings is 1. The van der Waals surface area contributed by atoms with E-state index in [2.05, 4.69) is 20.6 Å². The zero-order valence-electron chi connectivity index (χ0n) is 19.5. The van der Waals surface area contributed by atoms with Crippen molar-refractivity contribution in [2.45, 2.75) is 31.4 Å². The molecule has 1 saturated carbocycles. The standard InChI is InChI=1S/C26H24FN5O3/c1-12(34-2)16-7-8-17-21(29-16)13(9-10-28-17)23-24(30-18-6-4-5-15(27)25(18)35-3)20-22(32-23)14-11-19(14)31-26(20)33/h4-10,12,14,19,30,32H,11H2,1-3H3,(H,31,33)/t12-,14+,19-/m0/s1. The summed E-state index contributed by atoms with van der Waals surface area (Å²) in [5, 5.41) is 6.35. The summed E-state index contributed by atoms with van der Waals surface area (Å²) in [7, 11) is 3.05. The second kappa shape index (κ2) is 8.06. The molecule has 3 N–H and O–H groups in total. The summed E-state index contributed by atoms with van der Waals surface area (Å²) in [5.41, 5.74) is 5.98. The number of H-pyrrole nitrogens is 1. The second-order valence-electron chi connectivity index (χ2n) is 8.87. The van der Waals surface area contributed by atoms with Gasteiger partial charge in [-0.15, -0.1) is 0 Å². The number of pyridine rings is 2. The zero-order chi connectivity index (χ0) is 24.3. The Hall–Kier alpha value is -3.98. The molecule has 0 unspecified atom stereocenters. The number of halogens is 1. The lowest BCUT2D eigenvalue weighted by molar-refractivity contribution is 0.0944. The quantitative estimate of drug-likeness (QED) is 0.371. The molecule has 4 aromatic rings. The third-order valence-corrected chi connectivity index (χ3v) is 6.81. The molecule has 6 rings (SSSR count). The van der Waals surface area contributed by atoms with Crippen LogP contribution in [0.4, 0.5) is 15.8 Å². The van der Waals surface area contributed by atoms with Crippen molar-refractivity contribution in [3.8, 4) is 17.0 Å². The zero-order valence-corrected chi connectivity index (χ0v) is 19.5. The van der Waals surface area contributed by atoms with Crippen molar-refractivity contribution in [1.82, 2.24) is 20.3 Å². The molecule has 3 aromatic heterocycles. The molecule has 0 bridgehead atoms. The van der Waals surface area contributed by atoms with Crippen LogP contribution in [0.2, 0.25) is 0 Å². The first kappa shape index (κ1) is 21.5. The van der Waals surface area contributed by atoms with Crippen molar-refractivity contribution < 1.29 is 18.7 Å². The van der Waals surface area contributed by atoms with E-state index in [0.29, 0.717) is 33.7 Å². The van der Waals surface area contributed by atoms with Gasteiger partial charge >= 0.3 is 0 Å². The predicted molar refractivity (Wildman–Crippen MR) is 130 cm³/mol. The predicted octanol–water partition coefficient (Wildman–Crippen LogP) is 4.82. The molecule has 1 aliphatic carbocycles. The number of methoxy groups -OCH3 is 2. The number of hydrogen-bond donors (Lipinski definition) is 3. The van der Waals surface area contributed by atoms with Gasteiger partial charge in [-0.25, -0.2) is 9.37 Å². The minimum atomic E-state index is -0.496. The molecular weight excluding hydrogens is 449 g/mol. The van der Waals surface area contributed by atoms with E-state index >= 15 is 0 Å². The molecule has 0 saturated heterocycles. The van der Waals surface area contributed by atoms with E-state index in [1.54, 1.807) is 25.4 Å². The normalized spacial score (nSPS) is 19.0. The second-order valence-corrected chi connectivity index (χ2v) is 8.87.